The molecule has 0 radical (unpaired) electrons. The number of hydrogen-bond acceptors (Lipinski definition) is 4. The molecule has 0 aliphatic heterocycles. The van der Waals surface area contributed by atoms with Crippen LogP contribution in [-0.2, 0) is 5.75 Å². The van der Waals surface area contributed by atoms with Crippen molar-refractivity contribution < 1.29 is 5.48 Å². The van der Waals surface area contributed by atoms with Crippen molar-refractivity contribution in [2.75, 3.05) is 5.73 Å². The third-order valence-electron chi connectivity index (χ3n) is 1.70. The quantitative estimate of drug-likeness (QED) is 0.755. The predicted molar refractivity (Wildman–Crippen MR) is 60.4 cm³/mol. The van der Waals surface area contributed by atoms with Crippen LogP contribution in [0.4, 0.5) is 5.95 Å². The van der Waals surface area contributed by atoms with Gasteiger partial charge in [0.2, 0.25) is 5.95 Å². The van der Waals surface area contributed by atoms with E-state index in [4.69, 9.17) is 5.73 Å². The Labute approximate surface area is 91.4 Å². The smallest absolute Gasteiger partial charge is 0.240 e. The standard InChI is InChI=1S/C9H10N4S.H2O/c10-8-11-9(13-12-8)14-6-7-4-2-1-3-5-7;/h1-5H,6H2,(H3,10,11,12,13);1H2. The molecule has 0 saturated carbocycles. The number of H-pyrrole nitrogens is 1. The molecule has 0 atom stereocenters. The fourth-order valence-electron chi connectivity index (χ4n) is 1.05. The number of nitrogens with zero attached hydrogens (tertiary/aromatic N) is 2. The third-order valence-corrected chi connectivity index (χ3v) is 2.63. The summed E-state index contributed by atoms with van der Waals surface area (Å²) in [4.78, 5) is 4.00. The van der Waals surface area contributed by atoms with E-state index in [1.165, 1.54) is 5.56 Å². The second-order valence-electron chi connectivity index (χ2n) is 2.77. The molecule has 15 heavy (non-hydrogen) atoms. The summed E-state index contributed by atoms with van der Waals surface area (Å²) in [5, 5.41) is 7.26. The molecule has 2 rings (SSSR count). The number of thioether (sulfide) groups is 1. The molecule has 0 aliphatic carbocycles. The molecule has 1 aromatic heterocycles. The lowest BCUT2D eigenvalue weighted by molar-refractivity contribution is 0.824. The normalized spacial score (nSPS) is 9.60. The zero-order valence-electron chi connectivity index (χ0n) is 7.97. The van der Waals surface area contributed by atoms with Gasteiger partial charge >= 0.3 is 0 Å². The van der Waals surface area contributed by atoms with Crippen LogP contribution in [0.2, 0.25) is 0 Å². The van der Waals surface area contributed by atoms with Crippen molar-refractivity contribution in [1.82, 2.24) is 15.2 Å². The second kappa shape index (κ2) is 5.38. The van der Waals surface area contributed by atoms with Crippen molar-refractivity contribution in [1.29, 1.82) is 0 Å². The van der Waals surface area contributed by atoms with Crippen molar-refractivity contribution >= 4 is 17.7 Å². The van der Waals surface area contributed by atoms with Gasteiger partial charge in [-0.15, -0.1) is 5.10 Å². The van der Waals surface area contributed by atoms with Crippen LogP contribution in [0.1, 0.15) is 5.56 Å². The molecule has 80 valence electrons. The fraction of sp³-hybridized carbons (Fsp3) is 0.111. The highest BCUT2D eigenvalue weighted by atomic mass is 32.2. The Kier molecular flexibility index (Phi) is 4.14. The van der Waals surface area contributed by atoms with E-state index in [-0.39, 0.29) is 5.48 Å². The van der Waals surface area contributed by atoms with Gasteiger partial charge in [-0.25, -0.2) is 0 Å². The Hall–Kier alpha value is -1.53. The monoisotopic (exact) mass is 224 g/mol. The van der Waals surface area contributed by atoms with Crippen LogP contribution < -0.4 is 5.73 Å². The summed E-state index contributed by atoms with van der Waals surface area (Å²) in [5.41, 5.74) is 6.64. The van der Waals surface area contributed by atoms with E-state index in [2.05, 4.69) is 27.3 Å². The molecular weight excluding hydrogens is 212 g/mol. The first-order valence-corrected chi connectivity index (χ1v) is 5.18. The van der Waals surface area contributed by atoms with Crippen molar-refractivity contribution in [3.63, 3.8) is 0 Å². The highest BCUT2D eigenvalue weighted by molar-refractivity contribution is 7.98. The van der Waals surface area contributed by atoms with E-state index in [1.807, 2.05) is 18.2 Å². The summed E-state index contributed by atoms with van der Waals surface area (Å²) in [6, 6.07) is 10.2. The summed E-state index contributed by atoms with van der Waals surface area (Å²) in [5.74, 6) is 1.16. The number of nitrogen functional groups attached to an aromatic ring is 1. The molecule has 1 aromatic carbocycles. The molecule has 6 heteroatoms. The molecule has 0 unspecified atom stereocenters. The first kappa shape index (κ1) is 11.5. The largest absolute Gasteiger partial charge is 0.412 e. The average molecular weight is 224 g/mol. The topological polar surface area (TPSA) is 99.1 Å². The summed E-state index contributed by atoms with van der Waals surface area (Å²) < 4.78 is 0. The number of aromatic nitrogens is 3. The van der Waals surface area contributed by atoms with E-state index in [1.54, 1.807) is 11.8 Å². The minimum Gasteiger partial charge on any atom is -0.412 e. The van der Waals surface area contributed by atoms with Crippen LogP contribution in [0.5, 0.6) is 0 Å². The molecule has 1 heterocycles. The summed E-state index contributed by atoms with van der Waals surface area (Å²) in [6.45, 7) is 0. The molecule has 0 fully saturated rings. The minimum absolute atomic E-state index is 0. The van der Waals surface area contributed by atoms with Crippen LogP contribution >= 0.6 is 11.8 Å². The highest BCUT2D eigenvalue weighted by Gasteiger charge is 2.00. The SMILES string of the molecule is Nc1n[nH]c(SCc2ccccc2)n1.O. The molecule has 5 nitrogen and oxygen atoms in total. The Morgan fingerprint density at radius 3 is 2.60 bits per heavy atom. The van der Waals surface area contributed by atoms with Crippen molar-refractivity contribution in [2.24, 2.45) is 0 Å². The number of anilines is 1. The number of aromatic amines is 1. The maximum atomic E-state index is 5.38. The van der Waals surface area contributed by atoms with Gasteiger partial charge in [-0.05, 0) is 5.56 Å². The van der Waals surface area contributed by atoms with E-state index in [9.17, 15) is 0 Å². The molecule has 0 bridgehead atoms. The fourth-order valence-corrected chi connectivity index (χ4v) is 1.81. The van der Waals surface area contributed by atoms with Gasteiger partial charge in [-0.3, -0.25) is 5.10 Å². The van der Waals surface area contributed by atoms with Crippen LogP contribution in [0.25, 0.3) is 0 Å². The van der Waals surface area contributed by atoms with Gasteiger partial charge in [0.15, 0.2) is 5.16 Å². The molecule has 5 N–H and O–H groups in total. The number of nitrogens with one attached hydrogen (secondary N) is 1. The first-order chi connectivity index (χ1) is 6.84. The van der Waals surface area contributed by atoms with Gasteiger partial charge in [0.1, 0.15) is 0 Å². The number of benzene rings is 1. The minimum atomic E-state index is 0. The van der Waals surface area contributed by atoms with Gasteiger partial charge in [0, 0.05) is 5.75 Å². The van der Waals surface area contributed by atoms with Gasteiger partial charge in [-0.2, -0.15) is 4.98 Å². The molecule has 2 aromatic rings. The van der Waals surface area contributed by atoms with Gasteiger partial charge < -0.3 is 11.2 Å². The zero-order chi connectivity index (χ0) is 9.80. The van der Waals surface area contributed by atoms with Crippen LogP contribution in [0.15, 0.2) is 35.5 Å². The summed E-state index contributed by atoms with van der Waals surface area (Å²) in [6.07, 6.45) is 0. The van der Waals surface area contributed by atoms with Gasteiger partial charge in [0.05, 0.1) is 0 Å². The van der Waals surface area contributed by atoms with E-state index in [0.29, 0.717) is 5.95 Å². The second-order valence-corrected chi connectivity index (χ2v) is 3.74. The molecular formula is C9H12N4OS. The summed E-state index contributed by atoms with van der Waals surface area (Å²) in [7, 11) is 0. The van der Waals surface area contributed by atoms with Crippen LogP contribution in [0, 0.1) is 0 Å². The van der Waals surface area contributed by atoms with Crippen molar-refractivity contribution in [2.45, 2.75) is 10.9 Å². The Bertz CT molecular complexity index is 404. The average Bonchev–Trinajstić information content (AvgIpc) is 2.63. The lowest BCUT2D eigenvalue weighted by Crippen LogP contribution is -1.85. The third kappa shape index (κ3) is 3.26. The summed E-state index contributed by atoms with van der Waals surface area (Å²) >= 11 is 1.59. The molecule has 0 aliphatic rings. The van der Waals surface area contributed by atoms with E-state index < -0.39 is 0 Å². The van der Waals surface area contributed by atoms with Gasteiger partial charge in [-0.1, -0.05) is 42.1 Å². The number of hydrogen-bond donors (Lipinski definition) is 2. The number of nitrogens with two attached hydrogens (primary N) is 1. The van der Waals surface area contributed by atoms with Crippen LogP contribution in [-0.4, -0.2) is 20.7 Å². The van der Waals surface area contributed by atoms with E-state index in [0.717, 1.165) is 10.9 Å². The Morgan fingerprint density at radius 2 is 2.00 bits per heavy atom. The van der Waals surface area contributed by atoms with Crippen LogP contribution in [0.3, 0.4) is 0 Å². The highest BCUT2D eigenvalue weighted by Crippen LogP contribution is 2.18. The maximum Gasteiger partial charge on any atom is 0.240 e. The Balaban J connectivity index is 0.00000112. The van der Waals surface area contributed by atoms with E-state index >= 15 is 0 Å². The predicted octanol–water partition coefficient (Wildman–Crippen LogP) is 0.854. The maximum absolute atomic E-state index is 5.38. The van der Waals surface area contributed by atoms with Crippen molar-refractivity contribution in [3.05, 3.63) is 35.9 Å². The lowest BCUT2D eigenvalue weighted by Gasteiger charge is -1.96. The lowest BCUT2D eigenvalue weighted by atomic mass is 10.2. The molecule has 0 amide bonds. The van der Waals surface area contributed by atoms with Crippen molar-refractivity contribution in [3.8, 4) is 0 Å². The Morgan fingerprint density at radius 1 is 1.27 bits per heavy atom. The molecule has 0 spiro atoms. The first-order valence-electron chi connectivity index (χ1n) is 4.19. The number of rotatable bonds is 3. The zero-order valence-corrected chi connectivity index (χ0v) is 8.79. The van der Waals surface area contributed by atoms with Gasteiger partial charge in [0.25, 0.3) is 0 Å². The molecule has 0 saturated heterocycles.